The number of benzene rings is 1. The van der Waals surface area contributed by atoms with E-state index in [2.05, 4.69) is 5.10 Å². The number of hydrogen-bond donors (Lipinski definition) is 0. The predicted octanol–water partition coefficient (Wildman–Crippen LogP) is 2.13. The molecule has 9 heteroatoms. The van der Waals surface area contributed by atoms with Gasteiger partial charge in [0.05, 0.1) is 6.20 Å². The molecule has 1 aromatic heterocycles. The maximum Gasteiger partial charge on any atom is 0.260 e. The van der Waals surface area contributed by atoms with Crippen LogP contribution in [0, 0.1) is 6.92 Å². The molecule has 0 radical (unpaired) electrons. The molecule has 0 N–H and O–H groups in total. The summed E-state index contributed by atoms with van der Waals surface area (Å²) in [5, 5.41) is 4.16. The minimum absolute atomic E-state index is 0.0528. The van der Waals surface area contributed by atoms with Crippen LogP contribution in [0.25, 0.3) is 0 Å². The first-order valence-corrected chi connectivity index (χ1v) is 12.2. The van der Waals surface area contributed by atoms with E-state index in [0.29, 0.717) is 25.9 Å². The van der Waals surface area contributed by atoms with Crippen molar-refractivity contribution in [3.05, 3.63) is 47.8 Å². The topological polar surface area (TPSA) is 88.0 Å². The molecule has 2 aromatic rings. The van der Waals surface area contributed by atoms with Crippen molar-refractivity contribution in [3.8, 4) is 5.75 Å². The number of aryl methyl sites for hydroxylation is 2. The lowest BCUT2D eigenvalue weighted by molar-refractivity contribution is -0.145. The van der Waals surface area contributed by atoms with Crippen molar-refractivity contribution < 1.29 is 19.1 Å². The normalized spacial score (nSPS) is 17.7. The fourth-order valence-corrected chi connectivity index (χ4v) is 4.24. The molecule has 1 aromatic carbocycles. The van der Waals surface area contributed by atoms with Crippen LogP contribution in [0.4, 0.5) is 0 Å². The Morgan fingerprint density at radius 2 is 1.97 bits per heavy atom. The smallest absolute Gasteiger partial charge is 0.260 e. The maximum atomic E-state index is 13.3. The van der Waals surface area contributed by atoms with Crippen LogP contribution in [0.15, 0.2) is 36.7 Å². The lowest BCUT2D eigenvalue weighted by Crippen LogP contribution is -2.50. The number of amides is 3. The van der Waals surface area contributed by atoms with Gasteiger partial charge in [0, 0.05) is 40.4 Å². The Labute approximate surface area is 207 Å². The fourth-order valence-electron chi connectivity index (χ4n) is 4.24. The Bertz CT molecular complexity index is 1020. The van der Waals surface area contributed by atoms with E-state index in [1.165, 1.54) is 4.90 Å². The van der Waals surface area contributed by atoms with Crippen molar-refractivity contribution in [3.63, 3.8) is 0 Å². The number of hydrogen-bond acceptors (Lipinski definition) is 5. The number of ether oxygens (including phenoxy) is 1. The molecule has 1 atom stereocenters. The molecular weight excluding hydrogens is 446 g/mol. The molecule has 2 heterocycles. The highest BCUT2D eigenvalue weighted by molar-refractivity contribution is 5.88. The molecule has 3 rings (SSSR count). The molecule has 35 heavy (non-hydrogen) atoms. The van der Waals surface area contributed by atoms with Gasteiger partial charge >= 0.3 is 0 Å². The summed E-state index contributed by atoms with van der Waals surface area (Å²) in [6.07, 6.45) is 7.22. The van der Waals surface area contributed by atoms with Gasteiger partial charge in [-0.15, -0.1) is 0 Å². The molecule has 1 aliphatic rings. The molecule has 0 aliphatic carbocycles. The average molecular weight is 484 g/mol. The van der Waals surface area contributed by atoms with Gasteiger partial charge in [-0.25, -0.2) is 0 Å². The molecule has 190 valence electrons. The number of carbonyl (C=O) groups is 3. The molecule has 0 saturated carbocycles. The van der Waals surface area contributed by atoms with Gasteiger partial charge in [0.1, 0.15) is 18.3 Å². The summed E-state index contributed by atoms with van der Waals surface area (Å²) in [5.74, 6) is 0.336. The Morgan fingerprint density at radius 1 is 1.20 bits per heavy atom. The summed E-state index contributed by atoms with van der Waals surface area (Å²) in [5.41, 5.74) is 2.08. The maximum absolute atomic E-state index is 13.3. The summed E-state index contributed by atoms with van der Waals surface area (Å²) < 4.78 is 7.47. The number of aromatic nitrogens is 2. The number of para-hydroxylation sites is 1. The zero-order chi connectivity index (χ0) is 25.4. The molecule has 0 fully saturated rings. The van der Waals surface area contributed by atoms with E-state index in [4.69, 9.17) is 4.74 Å². The van der Waals surface area contributed by atoms with Gasteiger partial charge in [0.15, 0.2) is 6.61 Å². The van der Waals surface area contributed by atoms with Crippen LogP contribution in [0.3, 0.4) is 0 Å². The lowest BCUT2D eigenvalue weighted by atomic mass is 10.1. The highest BCUT2D eigenvalue weighted by Gasteiger charge is 2.29. The zero-order valence-electron chi connectivity index (χ0n) is 21.3. The summed E-state index contributed by atoms with van der Waals surface area (Å²) >= 11 is 0. The quantitative estimate of drug-likeness (QED) is 0.628. The van der Waals surface area contributed by atoms with Crippen LogP contribution >= 0.6 is 0 Å². The van der Waals surface area contributed by atoms with Crippen LogP contribution < -0.4 is 4.74 Å². The minimum atomic E-state index is -0.607. The molecule has 1 aliphatic heterocycles. The number of rotatable bonds is 6. The standard InChI is InChI=1S/C26H37N5O4/c1-20-16-27-31(17-20)18-24(32)28(2)15-9-12-22-26(34)29(3)14-8-7-11-21-10-5-6-13-23(21)35-19-25(33)30(22)4/h5-6,10,13,16-17,22H,7-9,11-12,14-15,18-19H2,1-4H3/t22-/m0/s1. The zero-order valence-corrected chi connectivity index (χ0v) is 21.3. The Balaban J connectivity index is 1.63. The van der Waals surface area contributed by atoms with E-state index in [9.17, 15) is 14.4 Å². The third kappa shape index (κ3) is 7.31. The van der Waals surface area contributed by atoms with E-state index in [1.54, 1.807) is 41.8 Å². The van der Waals surface area contributed by atoms with Crippen molar-refractivity contribution in [2.24, 2.45) is 0 Å². The SMILES string of the molecule is Cc1cnn(CC(=O)N(C)CCC[C@H]2C(=O)N(C)CCCCc3ccccc3OCC(=O)N2C)c1. The van der Waals surface area contributed by atoms with Crippen molar-refractivity contribution >= 4 is 17.7 Å². The third-order valence-corrected chi connectivity index (χ3v) is 6.49. The summed E-state index contributed by atoms with van der Waals surface area (Å²) in [4.78, 5) is 43.6. The van der Waals surface area contributed by atoms with Gasteiger partial charge in [0.2, 0.25) is 11.8 Å². The first-order valence-electron chi connectivity index (χ1n) is 12.2. The van der Waals surface area contributed by atoms with Gasteiger partial charge in [-0.1, -0.05) is 18.2 Å². The first kappa shape index (κ1) is 26.2. The molecule has 0 saturated heterocycles. The molecule has 9 nitrogen and oxygen atoms in total. The largest absolute Gasteiger partial charge is 0.483 e. The molecule has 0 bridgehead atoms. The van der Waals surface area contributed by atoms with Gasteiger partial charge < -0.3 is 19.4 Å². The van der Waals surface area contributed by atoms with Gasteiger partial charge in [-0.05, 0) is 56.2 Å². The van der Waals surface area contributed by atoms with Crippen molar-refractivity contribution in [1.29, 1.82) is 0 Å². The van der Waals surface area contributed by atoms with Crippen LogP contribution in [0.2, 0.25) is 0 Å². The van der Waals surface area contributed by atoms with Crippen LogP contribution in [-0.2, 0) is 27.3 Å². The Kier molecular flexibility index (Phi) is 9.28. The second-order valence-electron chi connectivity index (χ2n) is 9.31. The second-order valence-corrected chi connectivity index (χ2v) is 9.31. The average Bonchev–Trinajstić information content (AvgIpc) is 3.26. The number of fused-ring (bicyclic) bond motifs is 1. The summed E-state index contributed by atoms with van der Waals surface area (Å²) in [6, 6.07) is 7.17. The summed E-state index contributed by atoms with van der Waals surface area (Å²) in [7, 11) is 5.19. The lowest BCUT2D eigenvalue weighted by Gasteiger charge is -2.31. The van der Waals surface area contributed by atoms with E-state index in [0.717, 1.165) is 36.1 Å². The highest BCUT2D eigenvalue weighted by atomic mass is 16.5. The van der Waals surface area contributed by atoms with Crippen molar-refractivity contribution in [1.82, 2.24) is 24.5 Å². The Morgan fingerprint density at radius 3 is 2.71 bits per heavy atom. The number of likely N-dealkylation sites (N-methyl/N-ethyl adjacent to an activating group) is 3. The van der Waals surface area contributed by atoms with E-state index < -0.39 is 6.04 Å². The Hall–Kier alpha value is -3.36. The molecule has 0 spiro atoms. The van der Waals surface area contributed by atoms with Gasteiger partial charge in [-0.2, -0.15) is 5.10 Å². The first-order chi connectivity index (χ1) is 16.8. The monoisotopic (exact) mass is 483 g/mol. The molecule has 0 unspecified atom stereocenters. The highest BCUT2D eigenvalue weighted by Crippen LogP contribution is 2.21. The van der Waals surface area contributed by atoms with Crippen molar-refractivity contribution in [2.75, 3.05) is 40.8 Å². The van der Waals surface area contributed by atoms with Gasteiger partial charge in [-0.3, -0.25) is 19.1 Å². The van der Waals surface area contributed by atoms with Crippen molar-refractivity contribution in [2.45, 2.75) is 51.6 Å². The number of carbonyl (C=O) groups excluding carboxylic acids is 3. The third-order valence-electron chi connectivity index (χ3n) is 6.49. The van der Waals surface area contributed by atoms with E-state index in [1.807, 2.05) is 37.4 Å². The molecule has 3 amide bonds. The second kappa shape index (κ2) is 12.4. The van der Waals surface area contributed by atoms with Crippen LogP contribution in [-0.4, -0.2) is 89.1 Å². The van der Waals surface area contributed by atoms with Crippen LogP contribution in [0.5, 0.6) is 5.75 Å². The van der Waals surface area contributed by atoms with Gasteiger partial charge in [0.25, 0.3) is 5.91 Å². The summed E-state index contributed by atoms with van der Waals surface area (Å²) in [6.45, 7) is 3.09. The van der Waals surface area contributed by atoms with Crippen LogP contribution in [0.1, 0.15) is 36.8 Å². The van der Waals surface area contributed by atoms with E-state index >= 15 is 0 Å². The number of nitrogens with zero attached hydrogens (tertiary/aromatic N) is 5. The van der Waals surface area contributed by atoms with E-state index in [-0.39, 0.29) is 30.9 Å². The minimum Gasteiger partial charge on any atom is -0.483 e. The molecular formula is C26H37N5O4. The fraction of sp³-hybridized carbons (Fsp3) is 0.538. The predicted molar refractivity (Wildman–Crippen MR) is 133 cm³/mol.